The maximum absolute atomic E-state index is 13.6. The van der Waals surface area contributed by atoms with Crippen molar-refractivity contribution in [1.29, 1.82) is 0 Å². The van der Waals surface area contributed by atoms with E-state index in [2.05, 4.69) is 10.6 Å². The van der Waals surface area contributed by atoms with Gasteiger partial charge in [-0.25, -0.2) is 9.18 Å². The SMILES string of the molecule is O=C(NC1CCc2ccc(C(=O)N3CCC4(CCN(C(=O)Nc5ccc(F)c(Cl)c5)CC4)C3)cc21)c1ccccc1Cl. The fraction of sp³-hybridized carbons (Fsp3) is 0.344. The van der Waals surface area contributed by atoms with Crippen LogP contribution in [0.1, 0.15) is 63.6 Å². The summed E-state index contributed by atoms with van der Waals surface area (Å²) in [7, 11) is 0. The summed E-state index contributed by atoms with van der Waals surface area (Å²) in [5.41, 5.74) is 3.61. The van der Waals surface area contributed by atoms with Crippen LogP contribution in [0, 0.1) is 11.2 Å². The van der Waals surface area contributed by atoms with E-state index in [1.54, 1.807) is 29.2 Å². The molecule has 2 heterocycles. The Balaban J connectivity index is 1.06. The third-order valence-electron chi connectivity index (χ3n) is 8.90. The normalized spacial score (nSPS) is 19.1. The number of nitrogens with zero attached hydrogens (tertiary/aromatic N) is 2. The van der Waals surface area contributed by atoms with Crippen molar-refractivity contribution in [2.45, 2.75) is 38.1 Å². The molecule has 42 heavy (non-hydrogen) atoms. The van der Waals surface area contributed by atoms with E-state index in [0.29, 0.717) is 48.0 Å². The largest absolute Gasteiger partial charge is 0.345 e. The van der Waals surface area contributed by atoms with Crippen molar-refractivity contribution >= 4 is 46.7 Å². The van der Waals surface area contributed by atoms with Gasteiger partial charge in [0.25, 0.3) is 11.8 Å². The molecule has 218 valence electrons. The first kappa shape index (κ1) is 28.5. The molecule has 7 nitrogen and oxygen atoms in total. The molecule has 1 unspecified atom stereocenters. The molecular weight excluding hydrogens is 578 g/mol. The number of piperidine rings is 1. The summed E-state index contributed by atoms with van der Waals surface area (Å²) in [6.45, 7) is 2.48. The van der Waals surface area contributed by atoms with E-state index in [-0.39, 0.29) is 34.3 Å². The summed E-state index contributed by atoms with van der Waals surface area (Å²) in [5, 5.41) is 6.26. The maximum atomic E-state index is 13.6. The van der Waals surface area contributed by atoms with E-state index in [4.69, 9.17) is 23.2 Å². The molecule has 1 spiro atoms. The second-order valence-electron chi connectivity index (χ2n) is 11.5. The lowest BCUT2D eigenvalue weighted by Gasteiger charge is -2.39. The minimum absolute atomic E-state index is 0.00823. The molecule has 0 saturated carbocycles. The van der Waals surface area contributed by atoms with Crippen LogP contribution in [0.3, 0.4) is 0 Å². The van der Waals surface area contributed by atoms with E-state index in [0.717, 1.165) is 43.2 Å². The van der Waals surface area contributed by atoms with Gasteiger partial charge in [-0.05, 0) is 91.1 Å². The molecule has 2 N–H and O–H groups in total. The quantitative estimate of drug-likeness (QED) is 0.345. The first-order valence-electron chi connectivity index (χ1n) is 14.2. The van der Waals surface area contributed by atoms with Crippen LogP contribution in [0.5, 0.6) is 0 Å². The lowest BCUT2D eigenvalue weighted by molar-refractivity contribution is 0.0739. The number of hydrogen-bond donors (Lipinski definition) is 2. The molecular formula is C32H31Cl2FN4O3. The van der Waals surface area contributed by atoms with Gasteiger partial charge in [0.05, 0.1) is 21.7 Å². The van der Waals surface area contributed by atoms with E-state index in [9.17, 15) is 18.8 Å². The lowest BCUT2D eigenvalue weighted by Crippen LogP contribution is -2.46. The van der Waals surface area contributed by atoms with Crippen molar-refractivity contribution < 1.29 is 18.8 Å². The van der Waals surface area contributed by atoms with Gasteiger partial charge in [0.15, 0.2) is 0 Å². The number of anilines is 1. The molecule has 1 aliphatic carbocycles. The predicted octanol–water partition coefficient (Wildman–Crippen LogP) is 6.71. The minimum Gasteiger partial charge on any atom is -0.345 e. The standard InChI is InChI=1S/C32H31Cl2FN4O3/c33-25-4-2-1-3-23(25)29(40)37-28-10-7-20-5-6-21(17-24(20)28)30(41)39-16-13-32(19-39)11-14-38(15-12-32)31(42)36-22-8-9-27(35)26(34)18-22/h1-6,8-9,17-18,28H,7,10-16,19H2,(H,36,42)(H,37,40). The van der Waals surface area contributed by atoms with Gasteiger partial charge >= 0.3 is 6.03 Å². The zero-order chi connectivity index (χ0) is 29.4. The number of fused-ring (bicyclic) bond motifs is 1. The van der Waals surface area contributed by atoms with Gasteiger partial charge < -0.3 is 20.4 Å². The Bertz CT molecular complexity index is 1560. The molecule has 0 radical (unpaired) electrons. The Morgan fingerprint density at radius 3 is 2.36 bits per heavy atom. The number of halogens is 3. The first-order chi connectivity index (χ1) is 20.2. The molecule has 3 aromatic rings. The molecule has 6 rings (SSSR count). The minimum atomic E-state index is -0.533. The van der Waals surface area contributed by atoms with Gasteiger partial charge in [-0.1, -0.05) is 41.4 Å². The van der Waals surface area contributed by atoms with Gasteiger partial charge in [-0.15, -0.1) is 0 Å². The van der Waals surface area contributed by atoms with Crippen molar-refractivity contribution in [2.24, 2.45) is 5.41 Å². The van der Waals surface area contributed by atoms with Crippen molar-refractivity contribution in [2.75, 3.05) is 31.5 Å². The predicted molar refractivity (Wildman–Crippen MR) is 161 cm³/mol. The summed E-state index contributed by atoms with van der Waals surface area (Å²) in [6.07, 6.45) is 4.10. The highest BCUT2D eigenvalue weighted by atomic mass is 35.5. The van der Waals surface area contributed by atoms with Crippen LogP contribution in [0.15, 0.2) is 60.7 Å². The summed E-state index contributed by atoms with van der Waals surface area (Å²) in [4.78, 5) is 43.0. The van der Waals surface area contributed by atoms with Crippen LogP contribution in [0.4, 0.5) is 14.9 Å². The molecule has 0 bridgehead atoms. The van der Waals surface area contributed by atoms with Crippen LogP contribution < -0.4 is 10.6 Å². The van der Waals surface area contributed by atoms with E-state index in [1.165, 1.54) is 18.2 Å². The molecule has 10 heteroatoms. The number of hydrogen-bond acceptors (Lipinski definition) is 3. The number of carbonyl (C=O) groups excluding carboxylic acids is 3. The summed E-state index contributed by atoms with van der Waals surface area (Å²) in [5.74, 6) is -0.765. The Hall–Kier alpha value is -3.62. The second-order valence-corrected chi connectivity index (χ2v) is 12.3. The number of carbonyl (C=O) groups is 3. The number of likely N-dealkylation sites (tertiary alicyclic amines) is 2. The summed E-state index contributed by atoms with van der Waals surface area (Å²) in [6, 6.07) is 16.5. The highest BCUT2D eigenvalue weighted by Gasteiger charge is 2.43. The molecule has 3 aromatic carbocycles. The molecule has 2 aliphatic heterocycles. The Kier molecular flexibility index (Phi) is 7.85. The first-order valence-corrected chi connectivity index (χ1v) is 15.0. The number of amides is 4. The van der Waals surface area contributed by atoms with Crippen LogP contribution in [0.2, 0.25) is 10.0 Å². The van der Waals surface area contributed by atoms with Gasteiger partial charge in [0.2, 0.25) is 0 Å². The summed E-state index contributed by atoms with van der Waals surface area (Å²) >= 11 is 12.1. The fourth-order valence-electron chi connectivity index (χ4n) is 6.43. The van der Waals surface area contributed by atoms with Gasteiger partial charge in [0.1, 0.15) is 5.82 Å². The van der Waals surface area contributed by atoms with Crippen LogP contribution in [-0.2, 0) is 6.42 Å². The molecule has 3 aliphatic rings. The number of aryl methyl sites for hydroxylation is 1. The third-order valence-corrected chi connectivity index (χ3v) is 9.52. The Morgan fingerprint density at radius 1 is 0.881 bits per heavy atom. The average molecular weight is 610 g/mol. The van der Waals surface area contributed by atoms with Crippen molar-refractivity contribution in [3.63, 3.8) is 0 Å². The molecule has 4 amide bonds. The van der Waals surface area contributed by atoms with Crippen molar-refractivity contribution in [3.8, 4) is 0 Å². The molecule has 2 saturated heterocycles. The number of urea groups is 1. The maximum Gasteiger partial charge on any atom is 0.321 e. The summed E-state index contributed by atoms with van der Waals surface area (Å²) < 4.78 is 13.4. The fourth-order valence-corrected chi connectivity index (χ4v) is 6.83. The zero-order valence-corrected chi connectivity index (χ0v) is 24.5. The third kappa shape index (κ3) is 5.70. The molecule has 1 atom stereocenters. The lowest BCUT2D eigenvalue weighted by atomic mass is 9.78. The smallest absolute Gasteiger partial charge is 0.321 e. The van der Waals surface area contributed by atoms with Gasteiger partial charge in [-0.3, -0.25) is 9.59 Å². The van der Waals surface area contributed by atoms with Gasteiger partial charge in [0, 0.05) is 37.4 Å². The van der Waals surface area contributed by atoms with Crippen molar-refractivity contribution in [1.82, 2.24) is 15.1 Å². The van der Waals surface area contributed by atoms with Crippen LogP contribution in [0.25, 0.3) is 0 Å². The highest BCUT2D eigenvalue weighted by Crippen LogP contribution is 2.41. The van der Waals surface area contributed by atoms with Crippen molar-refractivity contribution in [3.05, 3.63) is 98.8 Å². The Labute approximate surface area is 254 Å². The average Bonchev–Trinajstić information content (AvgIpc) is 3.59. The molecule has 0 aromatic heterocycles. The van der Waals surface area contributed by atoms with E-state index < -0.39 is 5.82 Å². The van der Waals surface area contributed by atoms with Crippen LogP contribution in [-0.4, -0.2) is 53.8 Å². The topological polar surface area (TPSA) is 81.8 Å². The Morgan fingerprint density at radius 2 is 1.62 bits per heavy atom. The van der Waals surface area contributed by atoms with Crippen LogP contribution >= 0.6 is 23.2 Å². The van der Waals surface area contributed by atoms with E-state index >= 15 is 0 Å². The zero-order valence-electron chi connectivity index (χ0n) is 23.0. The second kappa shape index (κ2) is 11.6. The molecule has 2 fully saturated rings. The van der Waals surface area contributed by atoms with E-state index in [1.807, 2.05) is 23.1 Å². The van der Waals surface area contributed by atoms with Gasteiger partial charge in [-0.2, -0.15) is 0 Å². The highest BCUT2D eigenvalue weighted by molar-refractivity contribution is 6.33. The number of benzene rings is 3. The monoisotopic (exact) mass is 608 g/mol. The number of rotatable bonds is 4. The number of nitrogens with one attached hydrogen (secondary N) is 2.